The first-order valence-corrected chi connectivity index (χ1v) is 17.1. The molecule has 0 radical (unpaired) electrons. The lowest BCUT2D eigenvalue weighted by Crippen LogP contribution is -2.13. The van der Waals surface area contributed by atoms with Crippen LogP contribution in [0.5, 0.6) is 0 Å². The Kier molecular flexibility index (Phi) is 11.8. The molecule has 0 aliphatic carbocycles. The number of rotatable bonds is 15. The van der Waals surface area contributed by atoms with E-state index in [1.165, 1.54) is 22.3 Å². The van der Waals surface area contributed by atoms with E-state index in [2.05, 4.69) is 78.2 Å². The van der Waals surface area contributed by atoms with Crippen molar-refractivity contribution in [1.82, 2.24) is 0 Å². The predicted molar refractivity (Wildman–Crippen MR) is 198 cm³/mol. The van der Waals surface area contributed by atoms with Crippen molar-refractivity contribution in [3.05, 3.63) is 165 Å². The fourth-order valence-corrected chi connectivity index (χ4v) is 6.18. The molecule has 0 fully saturated rings. The highest BCUT2D eigenvalue weighted by atomic mass is 16.4. The van der Waals surface area contributed by atoms with Gasteiger partial charge in [-0.3, -0.25) is 4.79 Å². The zero-order valence-corrected chi connectivity index (χ0v) is 28.3. The van der Waals surface area contributed by atoms with Crippen LogP contribution in [-0.4, -0.2) is 24.0 Å². The number of benzene rings is 5. The van der Waals surface area contributed by atoms with Crippen molar-refractivity contribution in [3.63, 3.8) is 0 Å². The van der Waals surface area contributed by atoms with Gasteiger partial charge in [-0.2, -0.15) is 0 Å². The van der Waals surface area contributed by atoms with Crippen LogP contribution in [-0.2, 0) is 51.4 Å². The van der Waals surface area contributed by atoms with Gasteiger partial charge < -0.3 is 15.7 Å². The molecule has 0 saturated heterocycles. The Morgan fingerprint density at radius 1 is 0.500 bits per heavy atom. The summed E-state index contributed by atoms with van der Waals surface area (Å²) in [6, 6.07) is 37.2. The average Bonchev–Trinajstić information content (AvgIpc) is 3.12. The van der Waals surface area contributed by atoms with Crippen molar-refractivity contribution in [2.24, 2.45) is 0 Å². The van der Waals surface area contributed by atoms with Crippen molar-refractivity contribution >= 4 is 23.3 Å². The van der Waals surface area contributed by atoms with E-state index in [1.54, 1.807) is 12.1 Å². The summed E-state index contributed by atoms with van der Waals surface area (Å²) in [5.74, 6) is -0.994. The molecule has 0 aliphatic rings. The van der Waals surface area contributed by atoms with Crippen molar-refractivity contribution in [2.75, 3.05) is 17.7 Å². The van der Waals surface area contributed by atoms with Gasteiger partial charge in [-0.1, -0.05) is 80.6 Å². The van der Waals surface area contributed by atoms with Crippen LogP contribution in [0.3, 0.4) is 0 Å². The second-order valence-corrected chi connectivity index (χ2v) is 12.5. The van der Waals surface area contributed by atoms with E-state index in [1.807, 2.05) is 50.4 Å². The topological polar surface area (TPSA) is 78.4 Å². The number of anilines is 2. The van der Waals surface area contributed by atoms with Crippen molar-refractivity contribution < 1.29 is 14.7 Å². The first kappa shape index (κ1) is 34.2. The Hall–Kier alpha value is -5.16. The summed E-state index contributed by atoms with van der Waals surface area (Å²) in [4.78, 5) is 25.1. The zero-order valence-electron chi connectivity index (χ0n) is 28.3. The number of carboxylic acid groups (broad SMARTS) is 1. The maximum Gasteiger partial charge on any atom is 0.335 e. The summed E-state index contributed by atoms with van der Waals surface area (Å²) in [6.45, 7) is 4.23. The lowest BCUT2D eigenvalue weighted by atomic mass is 9.95. The third-order valence-electron chi connectivity index (χ3n) is 8.93. The monoisotopic (exact) mass is 638 g/mol. The number of hydrogen-bond donors (Lipinski definition) is 3. The zero-order chi connectivity index (χ0) is 33.9. The van der Waals surface area contributed by atoms with Crippen LogP contribution in [0.2, 0.25) is 0 Å². The molecule has 0 spiro atoms. The molecule has 0 saturated carbocycles. The minimum atomic E-state index is -0.882. The fraction of sp³-hybridized carbons (Fsp3) is 0.256. The third kappa shape index (κ3) is 9.68. The van der Waals surface area contributed by atoms with Crippen LogP contribution >= 0.6 is 0 Å². The van der Waals surface area contributed by atoms with Gasteiger partial charge in [-0.25, -0.2) is 4.79 Å². The third-order valence-corrected chi connectivity index (χ3v) is 8.93. The van der Waals surface area contributed by atoms with Crippen LogP contribution in [0.25, 0.3) is 0 Å². The van der Waals surface area contributed by atoms with E-state index in [-0.39, 0.29) is 5.91 Å². The molecule has 0 aromatic heterocycles. The average molecular weight is 639 g/mol. The number of nitrogens with one attached hydrogen (secondary N) is 2. The first-order chi connectivity index (χ1) is 23.3. The fourth-order valence-electron chi connectivity index (χ4n) is 6.18. The van der Waals surface area contributed by atoms with Crippen LogP contribution in [0.15, 0.2) is 109 Å². The van der Waals surface area contributed by atoms with Gasteiger partial charge >= 0.3 is 5.97 Å². The molecule has 0 atom stereocenters. The van der Waals surface area contributed by atoms with Gasteiger partial charge in [0.1, 0.15) is 0 Å². The van der Waals surface area contributed by atoms with Crippen LogP contribution < -0.4 is 10.6 Å². The first-order valence-electron chi connectivity index (χ1n) is 17.1. The van der Waals surface area contributed by atoms with Gasteiger partial charge in [0.15, 0.2) is 0 Å². The molecule has 5 aromatic rings. The second kappa shape index (κ2) is 16.6. The van der Waals surface area contributed by atoms with E-state index in [0.29, 0.717) is 11.1 Å². The minimum absolute atomic E-state index is 0.112. The van der Waals surface area contributed by atoms with Gasteiger partial charge in [0.25, 0.3) is 5.91 Å². The smallest absolute Gasteiger partial charge is 0.335 e. The summed E-state index contributed by atoms with van der Waals surface area (Å²) in [5.41, 5.74) is 12.3. The summed E-state index contributed by atoms with van der Waals surface area (Å²) in [7, 11) is 1.87. The molecule has 0 unspecified atom stereocenters. The molecule has 246 valence electrons. The molecule has 5 nitrogen and oxygen atoms in total. The molecular formula is C43H46N2O3. The summed E-state index contributed by atoms with van der Waals surface area (Å²) in [6.07, 6.45) is 6.90. The van der Waals surface area contributed by atoms with Gasteiger partial charge in [-0.15, -0.1) is 0 Å². The minimum Gasteiger partial charge on any atom is -0.478 e. The summed E-state index contributed by atoms with van der Waals surface area (Å²) < 4.78 is 0. The van der Waals surface area contributed by atoms with E-state index in [4.69, 9.17) is 0 Å². The maximum absolute atomic E-state index is 13.5. The highest BCUT2D eigenvalue weighted by Crippen LogP contribution is 2.21. The van der Waals surface area contributed by atoms with Crippen molar-refractivity contribution in [2.45, 2.75) is 65.2 Å². The van der Waals surface area contributed by atoms with Crippen LogP contribution in [0, 0.1) is 0 Å². The number of aryl methyl sites for hydroxylation is 8. The van der Waals surface area contributed by atoms with Gasteiger partial charge in [0.05, 0.1) is 5.56 Å². The molecule has 0 bridgehead atoms. The molecular weight excluding hydrogens is 592 g/mol. The number of carbonyl (C=O) groups is 2. The molecule has 1 amide bonds. The number of carbonyl (C=O) groups excluding carboxylic acids is 1. The van der Waals surface area contributed by atoms with Gasteiger partial charge in [-0.05, 0) is 138 Å². The molecule has 5 heteroatoms. The molecule has 0 heterocycles. The standard InChI is InChI=1S/C43H46N2O3/c1-4-30-9-6-10-32(21-30)15-19-36-24-37(27-38(26-36)42(46)45-41-14-8-13-40(29-41)44-3)20-17-34-12-7-11-33(23-34)16-18-35-22-31(5-2)25-39(28-35)43(47)48/h6-14,21-29,44H,4-5,15-20H2,1-3H3,(H,45,46)(H,47,48). The lowest BCUT2D eigenvalue weighted by Gasteiger charge is -2.13. The van der Waals surface area contributed by atoms with Gasteiger partial charge in [0, 0.05) is 24.0 Å². The highest BCUT2D eigenvalue weighted by molar-refractivity contribution is 6.04. The second-order valence-electron chi connectivity index (χ2n) is 12.5. The van der Waals surface area contributed by atoms with Gasteiger partial charge in [0.2, 0.25) is 0 Å². The Balaban J connectivity index is 1.31. The largest absolute Gasteiger partial charge is 0.478 e. The van der Waals surface area contributed by atoms with Crippen molar-refractivity contribution in [3.8, 4) is 0 Å². The van der Waals surface area contributed by atoms with E-state index >= 15 is 0 Å². The summed E-state index contributed by atoms with van der Waals surface area (Å²) in [5, 5.41) is 15.8. The number of amides is 1. The maximum atomic E-state index is 13.5. The molecule has 3 N–H and O–H groups in total. The molecule has 5 rings (SSSR count). The number of hydrogen-bond acceptors (Lipinski definition) is 3. The van der Waals surface area contributed by atoms with E-state index in [9.17, 15) is 14.7 Å². The SMILES string of the molecule is CCc1cccc(CCc2cc(CCc3cccc(CCc4cc(CC)cc(C(=O)O)c4)c3)cc(C(=O)Nc3cccc(NC)c3)c2)c1. The number of aromatic carboxylic acids is 1. The quantitative estimate of drug-likeness (QED) is 0.107. The predicted octanol–water partition coefficient (Wildman–Crippen LogP) is 9.16. The lowest BCUT2D eigenvalue weighted by molar-refractivity contribution is 0.0696. The van der Waals surface area contributed by atoms with E-state index in [0.717, 1.165) is 85.0 Å². The van der Waals surface area contributed by atoms with Crippen molar-refractivity contribution in [1.29, 1.82) is 0 Å². The Bertz CT molecular complexity index is 1880. The Morgan fingerprint density at radius 2 is 0.917 bits per heavy atom. The normalized spacial score (nSPS) is 10.9. The number of carboxylic acids is 1. The Morgan fingerprint density at radius 3 is 1.46 bits per heavy atom. The van der Waals surface area contributed by atoms with E-state index < -0.39 is 5.97 Å². The highest BCUT2D eigenvalue weighted by Gasteiger charge is 2.12. The Labute approximate surface area is 285 Å². The van der Waals surface area contributed by atoms with Crippen LogP contribution in [0.1, 0.15) is 79.1 Å². The summed E-state index contributed by atoms with van der Waals surface area (Å²) >= 11 is 0. The molecule has 0 aliphatic heterocycles. The van der Waals surface area contributed by atoms with Crippen LogP contribution in [0.4, 0.5) is 11.4 Å². The molecule has 48 heavy (non-hydrogen) atoms. The molecule has 5 aromatic carbocycles.